The average molecular weight is 674 g/mol. The van der Waals surface area contributed by atoms with Crippen molar-refractivity contribution in [3.63, 3.8) is 0 Å². The van der Waals surface area contributed by atoms with E-state index in [9.17, 15) is 4.79 Å². The molecule has 2 saturated heterocycles. The first-order chi connectivity index (χ1) is 23.5. The van der Waals surface area contributed by atoms with Crippen LogP contribution in [0.5, 0.6) is 5.75 Å². The molecule has 6 rings (SSSR count). The van der Waals surface area contributed by atoms with Gasteiger partial charge < -0.3 is 28.7 Å². The lowest BCUT2D eigenvalue weighted by atomic mass is 9.76. The van der Waals surface area contributed by atoms with Gasteiger partial charge in [0.25, 0.3) is 5.91 Å². The molecule has 0 spiro atoms. The van der Waals surface area contributed by atoms with Crippen LogP contribution >= 0.6 is 12.0 Å². The van der Waals surface area contributed by atoms with Gasteiger partial charge in [-0.25, -0.2) is 9.87 Å². The van der Waals surface area contributed by atoms with Crippen LogP contribution in [0.25, 0.3) is 11.0 Å². The lowest BCUT2D eigenvalue weighted by Crippen LogP contribution is -2.39. The molecule has 2 fully saturated rings. The summed E-state index contributed by atoms with van der Waals surface area (Å²) in [6.07, 6.45) is 2.96. The molecular weight excluding hydrogens is 627 g/mol. The van der Waals surface area contributed by atoms with Gasteiger partial charge in [0.15, 0.2) is 0 Å². The Bertz CT molecular complexity index is 1650. The number of carbonyl (C=O) groups is 1. The van der Waals surface area contributed by atoms with Gasteiger partial charge in [-0.15, -0.1) is 0 Å². The maximum absolute atomic E-state index is 14.0. The molecule has 0 bridgehead atoms. The Hall–Kier alpha value is -3.61. The number of carbonyl (C=O) groups excluding carboxylic acids is 1. The second-order valence-electron chi connectivity index (χ2n) is 12.5. The van der Waals surface area contributed by atoms with E-state index >= 15 is 0 Å². The molecule has 3 aromatic carbocycles. The van der Waals surface area contributed by atoms with Gasteiger partial charge in [0.2, 0.25) is 5.95 Å². The number of methoxy groups -OCH3 is 1. The molecule has 1 unspecified atom stereocenters. The van der Waals surface area contributed by atoms with E-state index in [2.05, 4.69) is 69.0 Å². The predicted octanol–water partition coefficient (Wildman–Crippen LogP) is 6.05. The second kappa shape index (κ2) is 16.2. The summed E-state index contributed by atoms with van der Waals surface area (Å²) in [7, 11) is 3.06. The second-order valence-corrected chi connectivity index (χ2v) is 13.3. The van der Waals surface area contributed by atoms with Crippen LogP contribution in [-0.4, -0.2) is 98.5 Å². The number of likely N-dealkylation sites (tertiary alicyclic amines) is 1. The minimum Gasteiger partial charge on any atom is -0.496 e. The van der Waals surface area contributed by atoms with Crippen LogP contribution in [0.15, 0.2) is 77.7 Å². The van der Waals surface area contributed by atoms with Gasteiger partial charge in [-0.2, -0.15) is 4.33 Å². The lowest BCUT2D eigenvalue weighted by molar-refractivity contribution is -0.160. The van der Waals surface area contributed by atoms with Crippen molar-refractivity contribution in [3.05, 3.63) is 83.9 Å². The van der Waals surface area contributed by atoms with E-state index in [4.69, 9.17) is 23.7 Å². The first-order valence-electron chi connectivity index (χ1n) is 17.0. The molecular formula is C37H47N5O5S. The largest absolute Gasteiger partial charge is 0.496 e. The zero-order valence-electron chi connectivity index (χ0n) is 28.3. The molecule has 10 nitrogen and oxygen atoms in total. The standard InChI is InChI=1S/C37H47N5O5S/c1-4-46-26-25-42-33-14-9-8-13-32(33)38-36(42)40-20-10-19-39(23-24-40)21-17-37(29-11-6-5-7-12-29)18-22-41(28-37)35(43)31-27-30(48-47-45-3)15-16-34(31)44-2/h5-9,11-16,27H,4,10,17-26,28H2,1-3H3. The number of fused-ring (bicyclic) bond motifs is 1. The van der Waals surface area contributed by atoms with Gasteiger partial charge in [0.05, 0.1) is 49.5 Å². The molecule has 48 heavy (non-hydrogen) atoms. The molecule has 2 aliphatic heterocycles. The number of hydrogen-bond acceptors (Lipinski definition) is 9. The fraction of sp³-hybridized carbons (Fsp3) is 0.459. The topological polar surface area (TPSA) is 81.5 Å². The van der Waals surface area contributed by atoms with Crippen LogP contribution in [-0.2, 0) is 25.9 Å². The number of ether oxygens (including phenoxy) is 2. The number of imidazole rings is 1. The van der Waals surface area contributed by atoms with Crippen LogP contribution < -0.4 is 9.64 Å². The highest BCUT2D eigenvalue weighted by Gasteiger charge is 2.42. The Balaban J connectivity index is 1.15. The van der Waals surface area contributed by atoms with E-state index < -0.39 is 0 Å². The summed E-state index contributed by atoms with van der Waals surface area (Å²) in [5.74, 6) is 1.57. The third-order valence-electron chi connectivity index (χ3n) is 9.70. The quantitative estimate of drug-likeness (QED) is 0.0688. The Morgan fingerprint density at radius 1 is 0.938 bits per heavy atom. The highest BCUT2D eigenvalue weighted by Crippen LogP contribution is 2.40. The van der Waals surface area contributed by atoms with Crippen LogP contribution in [0.4, 0.5) is 5.95 Å². The number of hydrogen-bond donors (Lipinski definition) is 0. The zero-order valence-corrected chi connectivity index (χ0v) is 29.1. The van der Waals surface area contributed by atoms with Gasteiger partial charge in [-0.3, -0.25) is 4.79 Å². The van der Waals surface area contributed by atoms with Crippen molar-refractivity contribution in [2.75, 3.05) is 78.1 Å². The Kier molecular flexibility index (Phi) is 11.6. The van der Waals surface area contributed by atoms with Crippen molar-refractivity contribution in [3.8, 4) is 5.75 Å². The fourth-order valence-electron chi connectivity index (χ4n) is 7.16. The third kappa shape index (κ3) is 7.66. The molecule has 256 valence electrons. The summed E-state index contributed by atoms with van der Waals surface area (Å²) < 4.78 is 18.7. The molecule has 0 saturated carbocycles. The van der Waals surface area contributed by atoms with Gasteiger partial charge in [0, 0.05) is 56.2 Å². The van der Waals surface area contributed by atoms with Crippen LogP contribution in [0.2, 0.25) is 0 Å². The minimum atomic E-state index is -0.130. The van der Waals surface area contributed by atoms with Crippen molar-refractivity contribution in [1.29, 1.82) is 0 Å². The molecule has 4 aromatic rings. The van der Waals surface area contributed by atoms with Crippen LogP contribution in [0.3, 0.4) is 0 Å². The zero-order chi connectivity index (χ0) is 33.3. The first-order valence-corrected chi connectivity index (χ1v) is 17.7. The lowest BCUT2D eigenvalue weighted by Gasteiger charge is -2.33. The van der Waals surface area contributed by atoms with Crippen molar-refractivity contribution < 1.29 is 23.5 Å². The predicted molar refractivity (Wildman–Crippen MR) is 190 cm³/mol. The molecule has 1 aromatic heterocycles. The highest BCUT2D eigenvalue weighted by atomic mass is 32.2. The smallest absolute Gasteiger partial charge is 0.257 e. The number of aromatic nitrogens is 2. The maximum atomic E-state index is 14.0. The van der Waals surface area contributed by atoms with Crippen molar-refractivity contribution in [2.24, 2.45) is 0 Å². The number of anilines is 1. The molecule has 0 radical (unpaired) electrons. The summed E-state index contributed by atoms with van der Waals surface area (Å²) in [4.78, 5) is 31.6. The number of nitrogens with zero attached hydrogens (tertiary/aromatic N) is 5. The molecule has 2 aliphatic rings. The number of para-hydroxylation sites is 2. The minimum absolute atomic E-state index is 0.0258. The normalized spacial score (nSPS) is 18.8. The fourth-order valence-corrected chi connectivity index (χ4v) is 7.60. The van der Waals surface area contributed by atoms with Crippen LogP contribution in [0.1, 0.15) is 42.1 Å². The monoisotopic (exact) mass is 673 g/mol. The van der Waals surface area contributed by atoms with Crippen molar-refractivity contribution in [1.82, 2.24) is 19.4 Å². The maximum Gasteiger partial charge on any atom is 0.257 e. The van der Waals surface area contributed by atoms with Crippen LogP contribution in [0, 0.1) is 0 Å². The summed E-state index contributed by atoms with van der Waals surface area (Å²) in [6.45, 7) is 10.4. The molecule has 0 aliphatic carbocycles. The Morgan fingerprint density at radius 3 is 2.58 bits per heavy atom. The van der Waals surface area contributed by atoms with E-state index in [0.717, 1.165) is 92.5 Å². The van der Waals surface area contributed by atoms with Crippen molar-refractivity contribution >= 4 is 34.9 Å². The van der Waals surface area contributed by atoms with Gasteiger partial charge in [-0.05, 0) is 75.2 Å². The summed E-state index contributed by atoms with van der Waals surface area (Å²) in [6, 6.07) is 24.6. The molecule has 1 amide bonds. The highest BCUT2D eigenvalue weighted by molar-refractivity contribution is 7.94. The van der Waals surface area contributed by atoms with Crippen molar-refractivity contribution in [2.45, 2.75) is 43.0 Å². The number of benzene rings is 3. The third-order valence-corrected chi connectivity index (χ3v) is 10.4. The Labute approximate surface area is 288 Å². The van der Waals surface area contributed by atoms with E-state index in [1.165, 1.54) is 12.7 Å². The average Bonchev–Trinajstić information content (AvgIpc) is 3.65. The van der Waals surface area contributed by atoms with E-state index in [1.54, 1.807) is 7.11 Å². The molecule has 1 atom stereocenters. The van der Waals surface area contributed by atoms with Gasteiger partial charge in [0.1, 0.15) is 5.75 Å². The molecule has 11 heteroatoms. The van der Waals surface area contributed by atoms with E-state index in [-0.39, 0.29) is 11.3 Å². The van der Waals surface area contributed by atoms with E-state index in [1.807, 2.05) is 30.0 Å². The number of rotatable bonds is 14. The SMILES string of the molecule is CCOCCn1c(N2CCCN(CCC3(c4ccccc4)CCN(C(=O)c4cc(SOOC)ccc4OC)C3)CC2)nc2ccccc21. The molecule has 0 N–H and O–H groups in total. The summed E-state index contributed by atoms with van der Waals surface area (Å²) in [5.41, 5.74) is 3.89. The Morgan fingerprint density at radius 2 is 1.77 bits per heavy atom. The number of amides is 1. The first kappa shape index (κ1) is 34.3. The summed E-state index contributed by atoms with van der Waals surface area (Å²) >= 11 is 1.07. The van der Waals surface area contributed by atoms with E-state index in [0.29, 0.717) is 37.6 Å². The van der Waals surface area contributed by atoms with Gasteiger partial charge in [-0.1, -0.05) is 42.5 Å². The summed E-state index contributed by atoms with van der Waals surface area (Å²) in [5, 5.41) is 0. The molecule has 3 heterocycles. The van der Waals surface area contributed by atoms with Gasteiger partial charge >= 0.3 is 0 Å².